The molecule has 0 N–H and O–H groups in total. The van der Waals surface area contributed by atoms with E-state index in [2.05, 4.69) is 67.0 Å². The summed E-state index contributed by atoms with van der Waals surface area (Å²) in [7, 11) is 0. The molecule has 0 fully saturated rings. The lowest BCUT2D eigenvalue weighted by Crippen LogP contribution is -1.86. The van der Waals surface area contributed by atoms with Gasteiger partial charge in [-0.15, -0.1) is 6.58 Å². The lowest BCUT2D eigenvalue weighted by atomic mass is 10.1. The zero-order valence-electron chi connectivity index (χ0n) is 13.5. The molecule has 2 rings (SSSR count). The van der Waals surface area contributed by atoms with Crippen molar-refractivity contribution in [2.24, 2.45) is 4.99 Å². The second-order valence-corrected chi connectivity index (χ2v) is 5.60. The molecule has 0 aliphatic rings. The predicted octanol–water partition coefficient (Wildman–Crippen LogP) is 5.90. The van der Waals surface area contributed by atoms with Gasteiger partial charge < -0.3 is 0 Å². The van der Waals surface area contributed by atoms with Crippen molar-refractivity contribution in [3.05, 3.63) is 77.9 Å². The summed E-state index contributed by atoms with van der Waals surface area (Å²) >= 11 is 0. The van der Waals surface area contributed by atoms with Gasteiger partial charge in [0.15, 0.2) is 0 Å². The van der Waals surface area contributed by atoms with Gasteiger partial charge in [0.2, 0.25) is 0 Å². The van der Waals surface area contributed by atoms with E-state index in [1.165, 1.54) is 24.0 Å². The van der Waals surface area contributed by atoms with Crippen LogP contribution in [0.15, 0.2) is 66.2 Å². The normalized spacial score (nSPS) is 11.0. The van der Waals surface area contributed by atoms with Crippen LogP contribution in [0.2, 0.25) is 0 Å². The first-order chi connectivity index (χ1) is 10.8. The van der Waals surface area contributed by atoms with Crippen molar-refractivity contribution in [3.63, 3.8) is 0 Å². The molecule has 0 aromatic heterocycles. The average molecular weight is 291 g/mol. The van der Waals surface area contributed by atoms with E-state index in [0.717, 1.165) is 30.5 Å². The summed E-state index contributed by atoms with van der Waals surface area (Å²) < 4.78 is 0. The summed E-state index contributed by atoms with van der Waals surface area (Å²) in [4.78, 5) is 4.55. The van der Waals surface area contributed by atoms with Gasteiger partial charge in [0, 0.05) is 6.21 Å². The van der Waals surface area contributed by atoms with Gasteiger partial charge in [-0.3, -0.25) is 4.99 Å². The van der Waals surface area contributed by atoms with Crippen LogP contribution in [0.3, 0.4) is 0 Å². The van der Waals surface area contributed by atoms with Gasteiger partial charge in [-0.2, -0.15) is 0 Å². The van der Waals surface area contributed by atoms with Crippen LogP contribution < -0.4 is 0 Å². The Morgan fingerprint density at radius 1 is 0.909 bits per heavy atom. The Morgan fingerprint density at radius 2 is 1.55 bits per heavy atom. The molecule has 2 aromatic rings. The second-order valence-electron chi connectivity index (χ2n) is 5.60. The van der Waals surface area contributed by atoms with Crippen molar-refractivity contribution in [1.82, 2.24) is 0 Å². The van der Waals surface area contributed by atoms with Crippen LogP contribution in [0.5, 0.6) is 0 Å². The van der Waals surface area contributed by atoms with Gasteiger partial charge in [-0.1, -0.05) is 55.8 Å². The van der Waals surface area contributed by atoms with Gasteiger partial charge in [-0.05, 0) is 54.5 Å². The van der Waals surface area contributed by atoms with E-state index in [4.69, 9.17) is 0 Å². The fraction of sp³-hybridized carbons (Fsp3) is 0.286. The largest absolute Gasteiger partial charge is 0.256 e. The van der Waals surface area contributed by atoms with E-state index < -0.39 is 0 Å². The Balaban J connectivity index is 1.94. The van der Waals surface area contributed by atoms with E-state index in [1.54, 1.807) is 0 Å². The number of benzene rings is 2. The Labute approximate surface area is 134 Å². The molecule has 0 radical (unpaired) electrons. The molecule has 0 spiro atoms. The summed E-state index contributed by atoms with van der Waals surface area (Å²) in [5.41, 5.74) is 4.89. The van der Waals surface area contributed by atoms with Crippen LogP contribution in [0.4, 0.5) is 5.69 Å². The van der Waals surface area contributed by atoms with E-state index in [1.807, 2.05) is 12.3 Å². The third-order valence-corrected chi connectivity index (χ3v) is 3.73. The lowest BCUT2D eigenvalue weighted by molar-refractivity contribution is 0.795. The van der Waals surface area contributed by atoms with Crippen molar-refractivity contribution in [2.45, 2.75) is 39.0 Å². The van der Waals surface area contributed by atoms with Crippen LogP contribution in [0.25, 0.3) is 0 Å². The number of hydrogen-bond acceptors (Lipinski definition) is 1. The topological polar surface area (TPSA) is 12.4 Å². The monoisotopic (exact) mass is 291 g/mol. The summed E-state index contributed by atoms with van der Waals surface area (Å²) in [5, 5.41) is 0. The molecule has 0 aliphatic heterocycles. The molecule has 0 atom stereocenters. The van der Waals surface area contributed by atoms with Crippen LogP contribution in [0, 0.1) is 0 Å². The minimum atomic E-state index is 1.01. The molecule has 1 heteroatoms. The van der Waals surface area contributed by atoms with Crippen molar-refractivity contribution < 1.29 is 0 Å². The highest BCUT2D eigenvalue weighted by atomic mass is 14.7. The third kappa shape index (κ3) is 5.33. The lowest BCUT2D eigenvalue weighted by Gasteiger charge is -2.01. The minimum absolute atomic E-state index is 1.01. The first kappa shape index (κ1) is 16.2. The maximum Gasteiger partial charge on any atom is 0.0630 e. The summed E-state index contributed by atoms with van der Waals surface area (Å²) in [6.45, 7) is 5.98. The molecule has 114 valence electrons. The molecule has 0 saturated heterocycles. The molecule has 0 aliphatic carbocycles. The smallest absolute Gasteiger partial charge is 0.0630 e. The Hall–Kier alpha value is -2.15. The molecule has 1 nitrogen and oxygen atoms in total. The van der Waals surface area contributed by atoms with Crippen molar-refractivity contribution in [3.8, 4) is 0 Å². The summed E-state index contributed by atoms with van der Waals surface area (Å²) in [6, 6.07) is 17.1. The van der Waals surface area contributed by atoms with Crippen molar-refractivity contribution >= 4 is 11.9 Å². The maximum atomic E-state index is 4.55. The first-order valence-corrected chi connectivity index (χ1v) is 8.14. The summed E-state index contributed by atoms with van der Waals surface area (Å²) in [5.74, 6) is 0. The number of unbranched alkanes of at least 4 members (excludes halogenated alkanes) is 1. The van der Waals surface area contributed by atoms with Gasteiger partial charge in [-0.25, -0.2) is 0 Å². The molecule has 0 unspecified atom stereocenters. The van der Waals surface area contributed by atoms with Crippen LogP contribution in [-0.2, 0) is 12.8 Å². The number of allylic oxidation sites excluding steroid dienone is 1. The van der Waals surface area contributed by atoms with Crippen LogP contribution in [-0.4, -0.2) is 6.21 Å². The fourth-order valence-electron chi connectivity index (χ4n) is 2.32. The molecule has 0 bridgehead atoms. The summed E-state index contributed by atoms with van der Waals surface area (Å²) in [6.07, 6.45) is 9.62. The molecule has 2 aromatic carbocycles. The molecule has 0 saturated carbocycles. The number of rotatable bonds is 8. The average Bonchev–Trinajstić information content (AvgIpc) is 2.58. The Bertz CT molecular complexity index is 591. The van der Waals surface area contributed by atoms with Gasteiger partial charge in [0.25, 0.3) is 0 Å². The first-order valence-electron chi connectivity index (χ1n) is 8.14. The van der Waals surface area contributed by atoms with E-state index >= 15 is 0 Å². The standard InChI is InChI=1S/C21H25N/c1-3-5-7-18-9-11-20(12-10-18)17-22-21-15-13-19(14-16-21)8-6-4-2/h3,9-17H,1,4-8H2,2H3. The van der Waals surface area contributed by atoms with Crippen molar-refractivity contribution in [1.29, 1.82) is 0 Å². The van der Waals surface area contributed by atoms with E-state index in [0.29, 0.717) is 0 Å². The van der Waals surface area contributed by atoms with Gasteiger partial charge in [0.05, 0.1) is 5.69 Å². The molecular formula is C21H25N. The highest BCUT2D eigenvalue weighted by Crippen LogP contribution is 2.15. The molecule has 0 heterocycles. The number of nitrogens with zero attached hydrogens (tertiary/aromatic N) is 1. The van der Waals surface area contributed by atoms with Crippen LogP contribution >= 0.6 is 0 Å². The number of aryl methyl sites for hydroxylation is 2. The quantitative estimate of drug-likeness (QED) is 0.424. The van der Waals surface area contributed by atoms with E-state index in [9.17, 15) is 0 Å². The maximum absolute atomic E-state index is 4.55. The zero-order chi connectivity index (χ0) is 15.6. The molecular weight excluding hydrogens is 266 g/mol. The Kier molecular flexibility index (Phi) is 6.63. The fourth-order valence-corrected chi connectivity index (χ4v) is 2.32. The van der Waals surface area contributed by atoms with E-state index in [-0.39, 0.29) is 0 Å². The van der Waals surface area contributed by atoms with Gasteiger partial charge >= 0.3 is 0 Å². The number of hydrogen-bond donors (Lipinski definition) is 0. The second kappa shape index (κ2) is 8.99. The Morgan fingerprint density at radius 3 is 2.18 bits per heavy atom. The zero-order valence-corrected chi connectivity index (χ0v) is 13.5. The predicted molar refractivity (Wildman–Crippen MR) is 97.3 cm³/mol. The van der Waals surface area contributed by atoms with Crippen LogP contribution in [0.1, 0.15) is 42.9 Å². The molecule has 0 amide bonds. The molecule has 22 heavy (non-hydrogen) atoms. The van der Waals surface area contributed by atoms with Gasteiger partial charge in [0.1, 0.15) is 0 Å². The number of aliphatic imine (C=N–C) groups is 1. The minimum Gasteiger partial charge on any atom is -0.256 e. The highest BCUT2D eigenvalue weighted by molar-refractivity contribution is 5.81. The highest BCUT2D eigenvalue weighted by Gasteiger charge is 1.94. The van der Waals surface area contributed by atoms with Crippen molar-refractivity contribution in [2.75, 3.05) is 0 Å². The third-order valence-electron chi connectivity index (χ3n) is 3.73. The SMILES string of the molecule is C=CCCc1ccc(C=Nc2ccc(CCCC)cc2)cc1.